The van der Waals surface area contributed by atoms with Crippen molar-refractivity contribution in [3.05, 3.63) is 36.7 Å². The summed E-state index contributed by atoms with van der Waals surface area (Å²) in [7, 11) is 0. The third-order valence-electron chi connectivity index (χ3n) is 5.04. The van der Waals surface area contributed by atoms with Crippen LogP contribution in [-0.2, 0) is 9.53 Å². The van der Waals surface area contributed by atoms with Crippen LogP contribution in [0, 0.1) is 5.92 Å². The van der Waals surface area contributed by atoms with Crippen molar-refractivity contribution in [2.24, 2.45) is 5.92 Å². The Morgan fingerprint density at radius 2 is 1.92 bits per heavy atom. The fourth-order valence-electron chi connectivity index (χ4n) is 3.68. The summed E-state index contributed by atoms with van der Waals surface area (Å²) in [5, 5.41) is 8.38. The van der Waals surface area contributed by atoms with E-state index in [2.05, 4.69) is 14.8 Å². The molecule has 0 saturated carbocycles. The number of amides is 1. The number of rotatable bonds is 3. The van der Waals surface area contributed by atoms with Crippen molar-refractivity contribution in [1.82, 2.24) is 19.7 Å². The quantitative estimate of drug-likeness (QED) is 0.867. The lowest BCUT2D eigenvalue weighted by Crippen LogP contribution is -2.37. The van der Waals surface area contributed by atoms with Gasteiger partial charge >= 0.3 is 0 Å². The van der Waals surface area contributed by atoms with Crippen LogP contribution in [0.3, 0.4) is 0 Å². The third kappa shape index (κ3) is 2.94. The highest BCUT2D eigenvalue weighted by Crippen LogP contribution is 2.29. The zero-order valence-electron chi connectivity index (χ0n) is 13.7. The number of benzene rings is 1. The van der Waals surface area contributed by atoms with E-state index >= 15 is 0 Å². The highest BCUT2D eigenvalue weighted by atomic mass is 16.5. The minimum absolute atomic E-state index is 0.131. The Labute approximate surface area is 141 Å². The highest BCUT2D eigenvalue weighted by molar-refractivity contribution is 5.79. The molecule has 6 nitrogen and oxygen atoms in total. The van der Waals surface area contributed by atoms with Crippen LogP contribution < -0.4 is 0 Å². The number of carbonyl (C=O) groups excluding carboxylic acids is 1. The van der Waals surface area contributed by atoms with Gasteiger partial charge in [0.05, 0.1) is 6.04 Å². The number of likely N-dealkylation sites (tertiary alicyclic amines) is 1. The number of ether oxygens (including phenoxy) is 1. The molecule has 2 fully saturated rings. The van der Waals surface area contributed by atoms with Gasteiger partial charge in [0, 0.05) is 37.8 Å². The van der Waals surface area contributed by atoms with Gasteiger partial charge in [-0.25, -0.2) is 0 Å². The van der Waals surface area contributed by atoms with Crippen molar-refractivity contribution in [3.63, 3.8) is 0 Å². The Balaban J connectivity index is 1.48. The largest absolute Gasteiger partial charge is 0.381 e. The second-order valence-electron chi connectivity index (χ2n) is 6.54. The standard InChI is InChI=1S/C18H22N4O2/c23-18(15-7-10-24-11-8-15)21-9-6-16(12-21)22-13-19-20-17(22)14-4-2-1-3-5-14/h1-5,13,15-16H,6-12H2. The minimum Gasteiger partial charge on any atom is -0.381 e. The van der Waals surface area contributed by atoms with E-state index in [9.17, 15) is 4.79 Å². The van der Waals surface area contributed by atoms with E-state index in [-0.39, 0.29) is 17.9 Å². The zero-order chi connectivity index (χ0) is 16.4. The van der Waals surface area contributed by atoms with Crippen LogP contribution in [0.25, 0.3) is 11.4 Å². The van der Waals surface area contributed by atoms with Gasteiger partial charge in [-0.1, -0.05) is 30.3 Å². The Hall–Kier alpha value is -2.21. The summed E-state index contributed by atoms with van der Waals surface area (Å²) < 4.78 is 7.48. The molecule has 2 aromatic rings. The van der Waals surface area contributed by atoms with Gasteiger partial charge in [-0.2, -0.15) is 0 Å². The van der Waals surface area contributed by atoms with E-state index in [1.165, 1.54) is 0 Å². The van der Waals surface area contributed by atoms with Crippen molar-refractivity contribution in [2.45, 2.75) is 25.3 Å². The van der Waals surface area contributed by atoms with E-state index in [1.807, 2.05) is 35.2 Å². The molecule has 1 amide bonds. The van der Waals surface area contributed by atoms with E-state index < -0.39 is 0 Å². The summed E-state index contributed by atoms with van der Waals surface area (Å²) in [6, 6.07) is 10.3. The molecule has 6 heteroatoms. The van der Waals surface area contributed by atoms with Gasteiger partial charge in [0.15, 0.2) is 5.82 Å². The molecule has 1 aromatic carbocycles. The van der Waals surface area contributed by atoms with Crippen molar-refractivity contribution >= 4 is 5.91 Å². The van der Waals surface area contributed by atoms with Crippen LogP contribution in [0.2, 0.25) is 0 Å². The van der Waals surface area contributed by atoms with Crippen molar-refractivity contribution < 1.29 is 9.53 Å². The minimum atomic E-state index is 0.131. The molecule has 3 heterocycles. The highest BCUT2D eigenvalue weighted by Gasteiger charge is 2.33. The molecule has 126 valence electrons. The van der Waals surface area contributed by atoms with E-state index in [1.54, 1.807) is 6.33 Å². The number of carbonyl (C=O) groups is 1. The van der Waals surface area contributed by atoms with Gasteiger partial charge in [-0.3, -0.25) is 4.79 Å². The first kappa shape index (κ1) is 15.3. The molecular weight excluding hydrogens is 304 g/mol. The topological polar surface area (TPSA) is 60.2 Å². The smallest absolute Gasteiger partial charge is 0.225 e. The third-order valence-corrected chi connectivity index (χ3v) is 5.04. The van der Waals surface area contributed by atoms with E-state index in [4.69, 9.17) is 4.74 Å². The fourth-order valence-corrected chi connectivity index (χ4v) is 3.68. The predicted octanol–water partition coefficient (Wildman–Crippen LogP) is 2.15. The van der Waals surface area contributed by atoms with Crippen LogP contribution in [0.4, 0.5) is 0 Å². The molecular formula is C18H22N4O2. The zero-order valence-corrected chi connectivity index (χ0v) is 13.7. The Bertz CT molecular complexity index is 694. The summed E-state index contributed by atoms with van der Waals surface area (Å²) >= 11 is 0. The van der Waals surface area contributed by atoms with Gasteiger partial charge < -0.3 is 14.2 Å². The van der Waals surface area contributed by atoms with Crippen molar-refractivity contribution in [1.29, 1.82) is 0 Å². The number of nitrogens with zero attached hydrogens (tertiary/aromatic N) is 4. The lowest BCUT2D eigenvalue weighted by atomic mass is 9.99. The monoisotopic (exact) mass is 326 g/mol. The summed E-state index contributed by atoms with van der Waals surface area (Å²) in [6.45, 7) is 2.97. The van der Waals surface area contributed by atoms with E-state index in [0.717, 1.165) is 43.7 Å². The van der Waals surface area contributed by atoms with Crippen LogP contribution in [0.15, 0.2) is 36.7 Å². The second kappa shape index (κ2) is 6.73. The number of hydrogen-bond donors (Lipinski definition) is 0. The fraction of sp³-hybridized carbons (Fsp3) is 0.500. The maximum absolute atomic E-state index is 12.7. The maximum Gasteiger partial charge on any atom is 0.225 e. The average Bonchev–Trinajstić information content (AvgIpc) is 3.32. The Morgan fingerprint density at radius 1 is 1.12 bits per heavy atom. The Kier molecular flexibility index (Phi) is 4.30. The van der Waals surface area contributed by atoms with Crippen LogP contribution >= 0.6 is 0 Å². The summed E-state index contributed by atoms with van der Waals surface area (Å²) in [4.78, 5) is 14.7. The van der Waals surface area contributed by atoms with Crippen LogP contribution in [0.5, 0.6) is 0 Å². The predicted molar refractivity (Wildman–Crippen MR) is 89.2 cm³/mol. The molecule has 2 aliphatic heterocycles. The molecule has 24 heavy (non-hydrogen) atoms. The number of hydrogen-bond acceptors (Lipinski definition) is 4. The molecule has 2 aliphatic rings. The van der Waals surface area contributed by atoms with E-state index in [0.29, 0.717) is 13.2 Å². The van der Waals surface area contributed by atoms with Crippen LogP contribution in [-0.4, -0.2) is 51.9 Å². The molecule has 2 saturated heterocycles. The molecule has 0 aliphatic carbocycles. The first-order chi connectivity index (χ1) is 11.8. The lowest BCUT2D eigenvalue weighted by molar-refractivity contribution is -0.137. The van der Waals surface area contributed by atoms with Crippen molar-refractivity contribution in [2.75, 3.05) is 26.3 Å². The first-order valence-corrected chi connectivity index (χ1v) is 8.64. The Morgan fingerprint density at radius 3 is 2.71 bits per heavy atom. The second-order valence-corrected chi connectivity index (χ2v) is 6.54. The molecule has 4 rings (SSSR count). The van der Waals surface area contributed by atoms with Gasteiger partial charge in [-0.05, 0) is 19.3 Å². The molecule has 1 aromatic heterocycles. The summed E-state index contributed by atoms with van der Waals surface area (Å²) in [5.41, 5.74) is 1.06. The lowest BCUT2D eigenvalue weighted by Gasteiger charge is -2.26. The molecule has 0 radical (unpaired) electrons. The average molecular weight is 326 g/mol. The van der Waals surface area contributed by atoms with Gasteiger partial charge in [0.1, 0.15) is 6.33 Å². The maximum atomic E-state index is 12.7. The summed E-state index contributed by atoms with van der Waals surface area (Å²) in [6.07, 6.45) is 4.44. The van der Waals surface area contributed by atoms with Gasteiger partial charge in [0.25, 0.3) is 0 Å². The molecule has 1 unspecified atom stereocenters. The number of aromatic nitrogens is 3. The van der Waals surface area contributed by atoms with Crippen molar-refractivity contribution in [3.8, 4) is 11.4 Å². The molecule has 0 N–H and O–H groups in total. The van der Waals surface area contributed by atoms with Gasteiger partial charge in [-0.15, -0.1) is 10.2 Å². The molecule has 0 spiro atoms. The van der Waals surface area contributed by atoms with Gasteiger partial charge in [0.2, 0.25) is 5.91 Å². The van der Waals surface area contributed by atoms with Crippen LogP contribution in [0.1, 0.15) is 25.3 Å². The normalized spacial score (nSPS) is 22.0. The molecule has 1 atom stereocenters. The summed E-state index contributed by atoms with van der Waals surface area (Å²) in [5.74, 6) is 1.29. The SMILES string of the molecule is O=C(C1CCOCC1)N1CCC(n2cnnc2-c2ccccc2)C1. The first-order valence-electron chi connectivity index (χ1n) is 8.64. The molecule has 0 bridgehead atoms.